The summed E-state index contributed by atoms with van der Waals surface area (Å²) in [5.74, 6) is 0.475. The SMILES string of the molecule is COc1ccc(S(=O)(=O)N2C[C@H](C(=O)NCc3ccc(Cl)cc3)Oc3cc(C)ccc32)cc1. The van der Waals surface area contributed by atoms with Gasteiger partial charge in [-0.3, -0.25) is 9.10 Å². The second-order valence-electron chi connectivity index (χ2n) is 7.63. The quantitative estimate of drug-likeness (QED) is 0.570. The van der Waals surface area contributed by atoms with Crippen molar-refractivity contribution in [2.75, 3.05) is 18.0 Å². The number of nitrogens with one attached hydrogen (secondary N) is 1. The van der Waals surface area contributed by atoms with Crippen LogP contribution < -0.4 is 19.1 Å². The molecule has 0 aromatic heterocycles. The summed E-state index contributed by atoms with van der Waals surface area (Å²) in [7, 11) is -2.44. The van der Waals surface area contributed by atoms with Crippen molar-refractivity contribution in [3.05, 3.63) is 82.9 Å². The van der Waals surface area contributed by atoms with E-state index >= 15 is 0 Å². The third kappa shape index (κ3) is 4.91. The van der Waals surface area contributed by atoms with Crippen LogP contribution >= 0.6 is 11.6 Å². The predicted octanol–water partition coefficient (Wildman–Crippen LogP) is 3.93. The molecule has 172 valence electrons. The van der Waals surface area contributed by atoms with Crippen molar-refractivity contribution in [2.24, 2.45) is 0 Å². The highest BCUT2D eigenvalue weighted by molar-refractivity contribution is 7.92. The number of benzene rings is 3. The fraction of sp³-hybridized carbons (Fsp3) is 0.208. The van der Waals surface area contributed by atoms with E-state index in [0.717, 1.165) is 11.1 Å². The number of rotatable bonds is 6. The standard InChI is InChI=1S/C24H23ClN2O5S/c1-16-3-12-21-22(13-16)32-23(24(28)26-14-17-4-6-18(25)7-5-17)15-27(21)33(29,30)20-10-8-19(31-2)9-11-20/h3-13,23H,14-15H2,1-2H3,(H,26,28)/t23-/m1/s1. The Bertz CT molecular complexity index is 1260. The molecule has 3 aromatic carbocycles. The molecule has 3 aromatic rings. The number of anilines is 1. The number of amides is 1. The summed E-state index contributed by atoms with van der Waals surface area (Å²) in [6, 6.07) is 18.4. The number of hydrogen-bond donors (Lipinski definition) is 1. The zero-order valence-corrected chi connectivity index (χ0v) is 19.7. The first-order chi connectivity index (χ1) is 15.8. The molecule has 0 fully saturated rings. The first kappa shape index (κ1) is 22.9. The number of ether oxygens (including phenoxy) is 2. The summed E-state index contributed by atoms with van der Waals surface area (Å²) in [6.45, 7) is 1.98. The van der Waals surface area contributed by atoms with Gasteiger partial charge in [0.2, 0.25) is 0 Å². The number of carbonyl (C=O) groups is 1. The summed E-state index contributed by atoms with van der Waals surface area (Å²) in [5, 5.41) is 3.42. The van der Waals surface area contributed by atoms with Crippen molar-refractivity contribution in [1.82, 2.24) is 5.32 Å². The van der Waals surface area contributed by atoms with Crippen LogP contribution in [0.3, 0.4) is 0 Å². The first-order valence-corrected chi connectivity index (χ1v) is 12.1. The van der Waals surface area contributed by atoms with Gasteiger partial charge >= 0.3 is 0 Å². The van der Waals surface area contributed by atoms with E-state index in [1.807, 2.05) is 19.1 Å². The number of carbonyl (C=O) groups excluding carboxylic acids is 1. The van der Waals surface area contributed by atoms with E-state index < -0.39 is 22.0 Å². The normalized spacial score (nSPS) is 15.4. The highest BCUT2D eigenvalue weighted by Crippen LogP contribution is 2.38. The monoisotopic (exact) mass is 486 g/mol. The molecule has 1 heterocycles. The Morgan fingerprint density at radius 3 is 2.48 bits per heavy atom. The fourth-order valence-electron chi connectivity index (χ4n) is 3.51. The van der Waals surface area contributed by atoms with Crippen molar-refractivity contribution in [3.8, 4) is 11.5 Å². The lowest BCUT2D eigenvalue weighted by atomic mass is 10.1. The molecule has 1 N–H and O–H groups in total. The minimum atomic E-state index is -3.95. The number of methoxy groups -OCH3 is 1. The maximum absolute atomic E-state index is 13.5. The molecule has 4 rings (SSSR count). The smallest absolute Gasteiger partial charge is 0.264 e. The molecule has 1 aliphatic heterocycles. The molecule has 9 heteroatoms. The third-order valence-corrected chi connectivity index (χ3v) is 7.35. The van der Waals surface area contributed by atoms with Gasteiger partial charge < -0.3 is 14.8 Å². The molecule has 1 amide bonds. The van der Waals surface area contributed by atoms with Crippen LogP contribution in [0.4, 0.5) is 5.69 Å². The van der Waals surface area contributed by atoms with Gasteiger partial charge in [-0.05, 0) is 66.6 Å². The first-order valence-electron chi connectivity index (χ1n) is 10.2. The van der Waals surface area contributed by atoms with Gasteiger partial charge in [0.05, 0.1) is 24.2 Å². The maximum Gasteiger partial charge on any atom is 0.264 e. The van der Waals surface area contributed by atoms with Crippen molar-refractivity contribution in [3.63, 3.8) is 0 Å². The van der Waals surface area contributed by atoms with Crippen LogP contribution in [0.2, 0.25) is 5.02 Å². The van der Waals surface area contributed by atoms with Crippen molar-refractivity contribution in [1.29, 1.82) is 0 Å². The number of nitrogens with zero attached hydrogens (tertiary/aromatic N) is 1. The summed E-state index contributed by atoms with van der Waals surface area (Å²) in [4.78, 5) is 13.0. The van der Waals surface area contributed by atoms with E-state index in [1.54, 1.807) is 42.5 Å². The summed E-state index contributed by atoms with van der Waals surface area (Å²) in [6.07, 6.45) is -1.01. The van der Waals surface area contributed by atoms with Crippen LogP contribution in [0.25, 0.3) is 0 Å². The maximum atomic E-state index is 13.5. The Morgan fingerprint density at radius 1 is 1.12 bits per heavy atom. The molecular formula is C24H23ClN2O5S. The number of hydrogen-bond acceptors (Lipinski definition) is 5. The lowest BCUT2D eigenvalue weighted by Crippen LogP contribution is -2.50. The van der Waals surface area contributed by atoms with Crippen LogP contribution in [0, 0.1) is 6.92 Å². The van der Waals surface area contributed by atoms with Crippen LogP contribution in [0.15, 0.2) is 71.6 Å². The summed E-state index contributed by atoms with van der Waals surface area (Å²) in [5.41, 5.74) is 2.14. The van der Waals surface area contributed by atoms with Gasteiger partial charge in [0.15, 0.2) is 6.10 Å². The largest absolute Gasteiger partial charge is 0.497 e. The molecule has 0 saturated carbocycles. The van der Waals surface area contributed by atoms with Gasteiger partial charge in [0, 0.05) is 11.6 Å². The molecule has 0 spiro atoms. The highest BCUT2D eigenvalue weighted by Gasteiger charge is 2.37. The van der Waals surface area contributed by atoms with Gasteiger partial charge in [-0.25, -0.2) is 8.42 Å². The second kappa shape index (κ2) is 9.33. The van der Waals surface area contributed by atoms with Gasteiger partial charge in [-0.2, -0.15) is 0 Å². The fourth-order valence-corrected chi connectivity index (χ4v) is 5.11. The Hall–Kier alpha value is -3.23. The summed E-state index contributed by atoms with van der Waals surface area (Å²) >= 11 is 5.91. The average molecular weight is 487 g/mol. The highest BCUT2D eigenvalue weighted by atomic mass is 35.5. The number of halogens is 1. The van der Waals surface area contributed by atoms with Crippen LogP contribution in [0.5, 0.6) is 11.5 Å². The molecule has 0 bridgehead atoms. The molecule has 7 nitrogen and oxygen atoms in total. The molecule has 0 radical (unpaired) electrons. The number of aryl methyl sites for hydroxylation is 1. The lowest BCUT2D eigenvalue weighted by molar-refractivity contribution is -0.127. The molecule has 1 atom stereocenters. The summed E-state index contributed by atoms with van der Waals surface area (Å²) < 4.78 is 39.3. The van der Waals surface area contributed by atoms with E-state index in [2.05, 4.69) is 5.32 Å². The average Bonchev–Trinajstić information content (AvgIpc) is 2.82. The molecule has 1 aliphatic rings. The van der Waals surface area contributed by atoms with E-state index in [1.165, 1.54) is 23.5 Å². The lowest BCUT2D eigenvalue weighted by Gasteiger charge is -2.35. The van der Waals surface area contributed by atoms with Gasteiger partial charge in [0.1, 0.15) is 11.5 Å². The number of fused-ring (bicyclic) bond motifs is 1. The predicted molar refractivity (Wildman–Crippen MR) is 126 cm³/mol. The Labute approximate surface area is 197 Å². The van der Waals surface area contributed by atoms with Gasteiger partial charge in [0.25, 0.3) is 15.9 Å². The van der Waals surface area contributed by atoms with Crippen LogP contribution in [0.1, 0.15) is 11.1 Å². The topological polar surface area (TPSA) is 84.9 Å². The van der Waals surface area contributed by atoms with E-state index in [0.29, 0.717) is 22.2 Å². The van der Waals surface area contributed by atoms with Crippen LogP contribution in [-0.2, 0) is 21.4 Å². The van der Waals surface area contributed by atoms with E-state index in [9.17, 15) is 13.2 Å². The third-order valence-electron chi connectivity index (χ3n) is 5.30. The Kier molecular flexibility index (Phi) is 6.49. The molecule has 0 unspecified atom stereocenters. The second-order valence-corrected chi connectivity index (χ2v) is 9.93. The Morgan fingerprint density at radius 2 is 1.82 bits per heavy atom. The van der Waals surface area contributed by atoms with Crippen molar-refractivity contribution >= 4 is 33.2 Å². The minimum Gasteiger partial charge on any atom is -0.497 e. The molecule has 33 heavy (non-hydrogen) atoms. The zero-order chi connectivity index (χ0) is 23.6. The number of sulfonamides is 1. The molecule has 0 saturated heterocycles. The van der Waals surface area contributed by atoms with Crippen LogP contribution in [-0.4, -0.2) is 34.1 Å². The van der Waals surface area contributed by atoms with Gasteiger partial charge in [-0.15, -0.1) is 0 Å². The minimum absolute atomic E-state index is 0.0945. The van der Waals surface area contributed by atoms with Crippen molar-refractivity contribution < 1.29 is 22.7 Å². The van der Waals surface area contributed by atoms with Crippen molar-refractivity contribution in [2.45, 2.75) is 24.5 Å². The molecule has 0 aliphatic carbocycles. The van der Waals surface area contributed by atoms with Gasteiger partial charge in [-0.1, -0.05) is 29.8 Å². The zero-order valence-electron chi connectivity index (χ0n) is 18.1. The molecular weight excluding hydrogens is 464 g/mol. The van der Waals surface area contributed by atoms with E-state index in [-0.39, 0.29) is 18.0 Å². The van der Waals surface area contributed by atoms with E-state index in [4.69, 9.17) is 21.1 Å². The Balaban J connectivity index is 1.61.